The molecule has 0 spiro atoms. The summed E-state index contributed by atoms with van der Waals surface area (Å²) in [6.45, 7) is -0.269. The third-order valence-corrected chi connectivity index (χ3v) is 3.39. The molecule has 0 unspecified atom stereocenters. The standard InChI is InChI=1S/C11H14N2O3S/c1-13(2)17(15,16)12-11-8-4-3-6-10(11)7-5-9-14/h3-4,6,8,12,14H,9H2,1-2H3. The second kappa shape index (κ2) is 5.68. The SMILES string of the molecule is CN(C)S(=O)(=O)Nc1ccccc1C#CCO. The van der Waals surface area contributed by atoms with Crippen molar-refractivity contribution < 1.29 is 13.5 Å². The molecular weight excluding hydrogens is 240 g/mol. The van der Waals surface area contributed by atoms with Gasteiger partial charge < -0.3 is 5.11 Å². The molecule has 5 nitrogen and oxygen atoms in total. The lowest BCUT2D eigenvalue weighted by Crippen LogP contribution is -2.29. The number of hydrogen-bond acceptors (Lipinski definition) is 3. The molecule has 0 saturated carbocycles. The summed E-state index contributed by atoms with van der Waals surface area (Å²) < 4.78 is 26.8. The third kappa shape index (κ3) is 3.75. The van der Waals surface area contributed by atoms with Gasteiger partial charge in [0.25, 0.3) is 0 Å². The van der Waals surface area contributed by atoms with Crippen molar-refractivity contribution in [3.8, 4) is 11.8 Å². The van der Waals surface area contributed by atoms with Crippen molar-refractivity contribution in [2.45, 2.75) is 0 Å². The van der Waals surface area contributed by atoms with Gasteiger partial charge in [-0.3, -0.25) is 4.72 Å². The molecule has 0 amide bonds. The normalized spacial score (nSPS) is 10.8. The highest BCUT2D eigenvalue weighted by molar-refractivity contribution is 7.90. The first kappa shape index (κ1) is 13.5. The van der Waals surface area contributed by atoms with E-state index in [1.165, 1.54) is 14.1 Å². The van der Waals surface area contributed by atoms with Crippen LogP contribution in [-0.4, -0.2) is 38.5 Å². The topological polar surface area (TPSA) is 69.6 Å². The van der Waals surface area contributed by atoms with E-state index in [9.17, 15) is 8.42 Å². The van der Waals surface area contributed by atoms with Crippen LogP contribution >= 0.6 is 0 Å². The van der Waals surface area contributed by atoms with Crippen LogP contribution < -0.4 is 4.72 Å². The van der Waals surface area contributed by atoms with E-state index in [1.54, 1.807) is 24.3 Å². The van der Waals surface area contributed by atoms with E-state index in [2.05, 4.69) is 16.6 Å². The lowest BCUT2D eigenvalue weighted by molar-refractivity contribution is 0.350. The zero-order chi connectivity index (χ0) is 12.9. The molecule has 17 heavy (non-hydrogen) atoms. The fraction of sp³-hybridized carbons (Fsp3) is 0.273. The van der Waals surface area contributed by atoms with Crippen molar-refractivity contribution in [3.63, 3.8) is 0 Å². The average molecular weight is 254 g/mol. The van der Waals surface area contributed by atoms with Gasteiger partial charge >= 0.3 is 10.2 Å². The molecule has 0 aromatic heterocycles. The van der Waals surface area contributed by atoms with Crippen LogP contribution in [0.1, 0.15) is 5.56 Å². The number of rotatable bonds is 3. The Hall–Kier alpha value is -1.55. The fourth-order valence-corrected chi connectivity index (χ4v) is 1.68. The Balaban J connectivity index is 3.07. The summed E-state index contributed by atoms with van der Waals surface area (Å²) >= 11 is 0. The van der Waals surface area contributed by atoms with Gasteiger partial charge in [0.2, 0.25) is 0 Å². The molecule has 0 aliphatic heterocycles. The van der Waals surface area contributed by atoms with Crippen molar-refractivity contribution in [1.82, 2.24) is 4.31 Å². The highest BCUT2D eigenvalue weighted by atomic mass is 32.2. The first-order chi connectivity index (χ1) is 7.97. The minimum absolute atomic E-state index is 0.269. The lowest BCUT2D eigenvalue weighted by atomic mass is 10.2. The maximum absolute atomic E-state index is 11.6. The van der Waals surface area contributed by atoms with Crippen molar-refractivity contribution in [2.75, 3.05) is 25.4 Å². The quantitative estimate of drug-likeness (QED) is 0.760. The molecule has 0 aliphatic rings. The second-order valence-corrected chi connectivity index (χ2v) is 5.28. The Morgan fingerprint density at radius 2 is 2.00 bits per heavy atom. The number of aliphatic hydroxyl groups is 1. The average Bonchev–Trinajstić information content (AvgIpc) is 2.27. The van der Waals surface area contributed by atoms with Crippen molar-refractivity contribution in [1.29, 1.82) is 0 Å². The predicted molar refractivity (Wildman–Crippen MR) is 66.6 cm³/mol. The van der Waals surface area contributed by atoms with Crippen LogP contribution in [0, 0.1) is 11.8 Å². The number of anilines is 1. The zero-order valence-electron chi connectivity index (χ0n) is 9.64. The molecule has 0 saturated heterocycles. The van der Waals surface area contributed by atoms with Gasteiger partial charge in [-0.25, -0.2) is 0 Å². The molecule has 0 radical (unpaired) electrons. The zero-order valence-corrected chi connectivity index (χ0v) is 10.5. The summed E-state index contributed by atoms with van der Waals surface area (Å²) in [6, 6.07) is 6.74. The fourth-order valence-electron chi connectivity index (χ4n) is 1.05. The van der Waals surface area contributed by atoms with Crippen LogP contribution in [0.4, 0.5) is 5.69 Å². The van der Waals surface area contributed by atoms with Crippen molar-refractivity contribution in [2.24, 2.45) is 0 Å². The number of aliphatic hydroxyl groups excluding tert-OH is 1. The van der Waals surface area contributed by atoms with Crippen LogP contribution in [0.2, 0.25) is 0 Å². The van der Waals surface area contributed by atoms with Gasteiger partial charge in [-0.1, -0.05) is 24.0 Å². The summed E-state index contributed by atoms with van der Waals surface area (Å²) in [5.74, 6) is 5.16. The van der Waals surface area contributed by atoms with Gasteiger partial charge in [0.1, 0.15) is 6.61 Å². The van der Waals surface area contributed by atoms with E-state index in [-0.39, 0.29) is 6.61 Å². The molecule has 0 fully saturated rings. The van der Waals surface area contributed by atoms with Crippen LogP contribution in [0.15, 0.2) is 24.3 Å². The van der Waals surface area contributed by atoms with Crippen molar-refractivity contribution in [3.05, 3.63) is 29.8 Å². The number of hydrogen-bond donors (Lipinski definition) is 2. The minimum Gasteiger partial charge on any atom is -0.384 e. The van der Waals surface area contributed by atoms with E-state index >= 15 is 0 Å². The van der Waals surface area contributed by atoms with Gasteiger partial charge in [-0.15, -0.1) is 0 Å². The molecule has 2 N–H and O–H groups in total. The van der Waals surface area contributed by atoms with Crippen molar-refractivity contribution >= 4 is 15.9 Å². The summed E-state index contributed by atoms with van der Waals surface area (Å²) in [5, 5.41) is 8.62. The second-order valence-electron chi connectivity index (χ2n) is 3.39. The smallest absolute Gasteiger partial charge is 0.301 e. The third-order valence-electron chi connectivity index (χ3n) is 1.95. The maximum atomic E-state index is 11.6. The van der Waals surface area contributed by atoms with Gasteiger partial charge in [0, 0.05) is 19.7 Å². The van der Waals surface area contributed by atoms with Crippen LogP contribution in [-0.2, 0) is 10.2 Å². The summed E-state index contributed by atoms with van der Waals surface area (Å²) in [7, 11) is -0.676. The lowest BCUT2D eigenvalue weighted by Gasteiger charge is -2.14. The van der Waals surface area contributed by atoms with E-state index in [0.29, 0.717) is 11.3 Å². The number of benzene rings is 1. The van der Waals surface area contributed by atoms with Gasteiger partial charge in [-0.05, 0) is 12.1 Å². The van der Waals surface area contributed by atoms with Crippen LogP contribution in [0.5, 0.6) is 0 Å². The molecule has 0 atom stereocenters. The Morgan fingerprint density at radius 1 is 1.35 bits per heavy atom. The largest absolute Gasteiger partial charge is 0.384 e. The van der Waals surface area contributed by atoms with Crippen LogP contribution in [0.25, 0.3) is 0 Å². The maximum Gasteiger partial charge on any atom is 0.301 e. The summed E-state index contributed by atoms with van der Waals surface area (Å²) in [4.78, 5) is 0. The van der Waals surface area contributed by atoms with E-state index < -0.39 is 10.2 Å². The van der Waals surface area contributed by atoms with E-state index in [0.717, 1.165) is 4.31 Å². The molecule has 0 aliphatic carbocycles. The monoisotopic (exact) mass is 254 g/mol. The van der Waals surface area contributed by atoms with Crippen LogP contribution in [0.3, 0.4) is 0 Å². The Kier molecular flexibility index (Phi) is 4.52. The molecule has 6 heteroatoms. The van der Waals surface area contributed by atoms with Gasteiger partial charge in [-0.2, -0.15) is 12.7 Å². The molecule has 1 aromatic carbocycles. The minimum atomic E-state index is -3.55. The first-order valence-electron chi connectivity index (χ1n) is 4.86. The summed E-state index contributed by atoms with van der Waals surface area (Å²) in [5.41, 5.74) is 0.911. The van der Waals surface area contributed by atoms with E-state index in [4.69, 9.17) is 5.11 Å². The molecule has 1 rings (SSSR count). The molecule has 92 valence electrons. The molecule has 0 heterocycles. The first-order valence-corrected chi connectivity index (χ1v) is 6.30. The number of nitrogens with zero attached hydrogens (tertiary/aromatic N) is 1. The summed E-state index contributed by atoms with van der Waals surface area (Å²) in [6.07, 6.45) is 0. The predicted octanol–water partition coefficient (Wildman–Crippen LogP) is 0.249. The van der Waals surface area contributed by atoms with Gasteiger partial charge in [0.05, 0.1) is 5.69 Å². The molecule has 0 bridgehead atoms. The highest BCUT2D eigenvalue weighted by Gasteiger charge is 2.14. The Morgan fingerprint density at radius 3 is 2.59 bits per heavy atom. The Labute approximate surface area is 101 Å². The number of nitrogens with one attached hydrogen (secondary N) is 1. The molecule has 1 aromatic rings. The van der Waals surface area contributed by atoms with E-state index in [1.807, 2.05) is 0 Å². The molecular formula is C11H14N2O3S. The van der Waals surface area contributed by atoms with Gasteiger partial charge in [0.15, 0.2) is 0 Å². The number of para-hydroxylation sites is 1. The highest BCUT2D eigenvalue weighted by Crippen LogP contribution is 2.15. The Bertz CT molecular complexity index is 541.